The van der Waals surface area contributed by atoms with Crippen LogP contribution in [0.15, 0.2) is 30.3 Å². The molecule has 0 nitrogen and oxygen atoms in total. The van der Waals surface area contributed by atoms with Crippen molar-refractivity contribution in [2.24, 2.45) is 0 Å². The second-order valence-electron chi connectivity index (χ2n) is 4.13. The standard InChI is InChI=1S/C12H17ITe/c1-11-6-5-9-14(11,13)10-12-7-3-2-4-8-12/h2-4,7-8,11H,5-6,9-10H2,1H3. The first-order valence-electron chi connectivity index (χ1n) is 5.22. The molecule has 2 unspecified atom stereocenters. The molecule has 1 aromatic carbocycles. The molecular formula is C12H17ITe. The van der Waals surface area contributed by atoms with Gasteiger partial charge in [0, 0.05) is 0 Å². The quantitative estimate of drug-likeness (QED) is 0.498. The normalized spacial score (nSPS) is 36.6. The number of hydrogen-bond acceptors (Lipinski definition) is 0. The molecule has 78 valence electrons. The van der Waals surface area contributed by atoms with E-state index in [4.69, 9.17) is 0 Å². The van der Waals surface area contributed by atoms with E-state index in [0.29, 0.717) is 0 Å². The molecule has 2 atom stereocenters. The molecule has 1 saturated heterocycles. The summed E-state index contributed by atoms with van der Waals surface area (Å²) in [5.74, 6) is 0. The maximum atomic E-state index is 2.88. The van der Waals surface area contributed by atoms with Crippen molar-refractivity contribution >= 4 is 32.9 Å². The van der Waals surface area contributed by atoms with Gasteiger partial charge in [-0.1, -0.05) is 0 Å². The first kappa shape index (κ1) is 11.2. The van der Waals surface area contributed by atoms with Crippen molar-refractivity contribution in [1.29, 1.82) is 0 Å². The predicted molar refractivity (Wildman–Crippen MR) is 73.4 cm³/mol. The molecule has 0 spiro atoms. The number of hydrogen-bond donors (Lipinski definition) is 0. The SMILES string of the molecule is CC1CCC[Te]1(I)Cc1ccccc1. The third-order valence-corrected chi connectivity index (χ3v) is 23.8. The van der Waals surface area contributed by atoms with E-state index in [-0.39, 0.29) is 0 Å². The molecule has 0 N–H and O–H groups in total. The molecule has 1 heterocycles. The number of halogens is 1. The first-order chi connectivity index (χ1) is 6.71. The topological polar surface area (TPSA) is 0 Å². The molecule has 2 rings (SSSR count). The average Bonchev–Trinajstić information content (AvgIpc) is 2.48. The van der Waals surface area contributed by atoms with E-state index in [2.05, 4.69) is 56.0 Å². The van der Waals surface area contributed by atoms with Gasteiger partial charge < -0.3 is 0 Å². The van der Waals surface area contributed by atoms with Crippen molar-refractivity contribution in [3.05, 3.63) is 35.9 Å². The van der Waals surface area contributed by atoms with Gasteiger partial charge in [0.05, 0.1) is 0 Å². The van der Waals surface area contributed by atoms with Crippen LogP contribution in [0.5, 0.6) is 0 Å². The summed E-state index contributed by atoms with van der Waals surface area (Å²) in [5.41, 5.74) is 1.58. The number of rotatable bonds is 2. The van der Waals surface area contributed by atoms with Crippen molar-refractivity contribution in [3.8, 4) is 0 Å². The van der Waals surface area contributed by atoms with Crippen molar-refractivity contribution in [2.45, 2.75) is 32.7 Å². The third kappa shape index (κ3) is 2.46. The predicted octanol–water partition coefficient (Wildman–Crippen LogP) is 4.33. The van der Waals surface area contributed by atoms with Crippen LogP contribution in [0, 0.1) is 0 Å². The zero-order valence-electron chi connectivity index (χ0n) is 8.58. The molecule has 1 aromatic rings. The Labute approximate surface area is 101 Å². The summed E-state index contributed by atoms with van der Waals surface area (Å²) >= 11 is 1.38. The van der Waals surface area contributed by atoms with Gasteiger partial charge in [0.25, 0.3) is 0 Å². The molecule has 0 aromatic heterocycles. The van der Waals surface area contributed by atoms with Crippen molar-refractivity contribution in [2.75, 3.05) is 0 Å². The van der Waals surface area contributed by atoms with Crippen molar-refractivity contribution < 1.29 is 0 Å². The minimum absolute atomic E-state index is 1.07. The van der Waals surface area contributed by atoms with Crippen LogP contribution in [-0.4, -0.2) is 14.2 Å². The minimum atomic E-state index is -1.51. The van der Waals surface area contributed by atoms with Crippen LogP contribution >= 0.6 is 18.7 Å². The van der Waals surface area contributed by atoms with Gasteiger partial charge in [0.1, 0.15) is 0 Å². The first-order valence-corrected chi connectivity index (χ1v) is 16.6. The Morgan fingerprint density at radius 1 is 1.36 bits per heavy atom. The maximum absolute atomic E-state index is 2.88. The van der Waals surface area contributed by atoms with Crippen molar-refractivity contribution in [3.63, 3.8) is 0 Å². The van der Waals surface area contributed by atoms with Gasteiger partial charge in [-0.2, -0.15) is 0 Å². The molecule has 2 heteroatoms. The molecule has 0 radical (unpaired) electrons. The fourth-order valence-electron chi connectivity index (χ4n) is 2.09. The Kier molecular flexibility index (Phi) is 3.79. The molecule has 1 fully saturated rings. The second-order valence-corrected chi connectivity index (χ2v) is 25.0. The van der Waals surface area contributed by atoms with Gasteiger partial charge in [-0.3, -0.25) is 0 Å². The summed E-state index contributed by atoms with van der Waals surface area (Å²) < 4.78 is 4.09. The van der Waals surface area contributed by atoms with Crippen molar-refractivity contribution in [1.82, 2.24) is 0 Å². The van der Waals surface area contributed by atoms with E-state index in [1.807, 2.05) is 0 Å². The fourth-order valence-corrected chi connectivity index (χ4v) is 16.3. The van der Waals surface area contributed by atoms with Crippen LogP contribution in [0.3, 0.4) is 0 Å². The van der Waals surface area contributed by atoms with Gasteiger partial charge in [-0.15, -0.1) is 0 Å². The zero-order chi connectivity index (χ0) is 10.0. The van der Waals surface area contributed by atoms with E-state index in [1.54, 1.807) is 10.0 Å². The van der Waals surface area contributed by atoms with Crippen LogP contribution in [0.2, 0.25) is 8.43 Å². The van der Waals surface area contributed by atoms with Gasteiger partial charge >= 0.3 is 101 Å². The monoisotopic (exact) mass is 418 g/mol. The Morgan fingerprint density at radius 3 is 2.64 bits per heavy atom. The Hall–Kier alpha value is 0.740. The number of benzene rings is 1. The van der Waals surface area contributed by atoms with Gasteiger partial charge in [-0.05, 0) is 0 Å². The van der Waals surface area contributed by atoms with Crippen LogP contribution in [-0.2, 0) is 4.47 Å². The van der Waals surface area contributed by atoms with Gasteiger partial charge in [0.15, 0.2) is 0 Å². The molecule has 0 saturated carbocycles. The van der Waals surface area contributed by atoms with E-state index in [9.17, 15) is 0 Å². The summed E-state index contributed by atoms with van der Waals surface area (Å²) in [6.07, 6.45) is 2.99. The third-order valence-electron chi connectivity index (χ3n) is 3.06. The molecular weight excluding hydrogens is 399 g/mol. The summed E-state index contributed by atoms with van der Waals surface area (Å²) in [5, 5.41) is 0. The van der Waals surface area contributed by atoms with E-state index in [1.165, 1.54) is 17.3 Å². The molecule has 1 aliphatic heterocycles. The Bertz CT molecular complexity index is 298. The summed E-state index contributed by atoms with van der Waals surface area (Å²) in [6.45, 7) is 2.49. The second kappa shape index (κ2) is 4.72. The molecule has 0 bridgehead atoms. The van der Waals surface area contributed by atoms with Crippen LogP contribution in [0.25, 0.3) is 0 Å². The van der Waals surface area contributed by atoms with Gasteiger partial charge in [0.2, 0.25) is 0 Å². The van der Waals surface area contributed by atoms with E-state index < -0.39 is 14.2 Å². The molecule has 14 heavy (non-hydrogen) atoms. The van der Waals surface area contributed by atoms with Crippen LogP contribution in [0.1, 0.15) is 25.3 Å². The fraction of sp³-hybridized carbons (Fsp3) is 0.500. The van der Waals surface area contributed by atoms with Crippen LogP contribution in [0.4, 0.5) is 0 Å². The molecule has 0 amide bonds. The summed E-state index contributed by atoms with van der Waals surface area (Å²) in [7, 11) is 0. The summed E-state index contributed by atoms with van der Waals surface area (Å²) in [4.78, 5) is 0. The van der Waals surface area contributed by atoms with E-state index >= 15 is 0 Å². The summed E-state index contributed by atoms with van der Waals surface area (Å²) in [6, 6.07) is 11.1. The van der Waals surface area contributed by atoms with E-state index in [0.717, 1.165) is 3.97 Å². The zero-order valence-corrected chi connectivity index (χ0v) is 13.1. The molecule has 0 aliphatic carbocycles. The Balaban J connectivity index is 2.10. The molecule has 1 aliphatic rings. The Morgan fingerprint density at radius 2 is 2.07 bits per heavy atom. The van der Waals surface area contributed by atoms with Gasteiger partial charge in [-0.25, -0.2) is 0 Å². The average molecular weight is 416 g/mol. The van der Waals surface area contributed by atoms with Crippen LogP contribution < -0.4 is 0 Å².